The number of hydrogen-bond acceptors (Lipinski definition) is 6. The summed E-state index contributed by atoms with van der Waals surface area (Å²) in [6.07, 6.45) is 2.41. The molecule has 0 amide bonds. The standard InChI is InChI=1S/C18H12N2O3S/c21-16-8-12(11-7-10-3-1-2-4-14(10)22-9-11)17-15(23-16)6-5-13-18(17)20-24-19-13/h1-7,12H,8-9H2/t12-/m0/s1. The Hall–Kier alpha value is -2.73. The zero-order valence-corrected chi connectivity index (χ0v) is 13.4. The van der Waals surface area contributed by atoms with Crippen molar-refractivity contribution < 1.29 is 14.3 Å². The molecule has 1 atom stereocenters. The lowest BCUT2D eigenvalue weighted by Crippen LogP contribution is -2.24. The van der Waals surface area contributed by atoms with Gasteiger partial charge in [-0.05, 0) is 29.8 Å². The average Bonchev–Trinajstić information content (AvgIpc) is 3.09. The molecule has 5 rings (SSSR count). The third-order valence-electron chi connectivity index (χ3n) is 4.47. The minimum absolute atomic E-state index is 0.0952. The molecule has 2 aliphatic heterocycles. The molecule has 0 N–H and O–H groups in total. The van der Waals surface area contributed by atoms with Gasteiger partial charge in [0.05, 0.1) is 18.1 Å². The van der Waals surface area contributed by atoms with Crippen molar-refractivity contribution in [1.82, 2.24) is 8.75 Å². The van der Waals surface area contributed by atoms with Gasteiger partial charge >= 0.3 is 5.97 Å². The summed E-state index contributed by atoms with van der Waals surface area (Å²) in [7, 11) is 0. The van der Waals surface area contributed by atoms with E-state index < -0.39 is 0 Å². The van der Waals surface area contributed by atoms with Crippen molar-refractivity contribution in [2.24, 2.45) is 0 Å². The minimum atomic E-state index is -0.227. The second-order valence-corrected chi connectivity index (χ2v) is 6.41. The molecule has 0 saturated heterocycles. The zero-order valence-electron chi connectivity index (χ0n) is 12.6. The molecule has 24 heavy (non-hydrogen) atoms. The molecule has 6 heteroatoms. The molecule has 0 aliphatic carbocycles. The summed E-state index contributed by atoms with van der Waals surface area (Å²) in [5.41, 5.74) is 4.68. The minimum Gasteiger partial charge on any atom is -0.489 e. The second-order valence-electron chi connectivity index (χ2n) is 5.89. The maximum atomic E-state index is 12.1. The molecule has 0 unspecified atom stereocenters. The SMILES string of the molecule is O=C1C[C@@H](C2=Cc3ccccc3OC2)c2c(ccc3nsnc23)O1. The van der Waals surface area contributed by atoms with E-state index in [2.05, 4.69) is 14.8 Å². The Morgan fingerprint density at radius 1 is 1.08 bits per heavy atom. The van der Waals surface area contributed by atoms with E-state index in [-0.39, 0.29) is 11.9 Å². The lowest BCUT2D eigenvalue weighted by molar-refractivity contribution is -0.135. The summed E-state index contributed by atoms with van der Waals surface area (Å²) >= 11 is 1.17. The summed E-state index contributed by atoms with van der Waals surface area (Å²) in [4.78, 5) is 12.1. The maximum absolute atomic E-state index is 12.1. The number of hydrogen-bond donors (Lipinski definition) is 0. The van der Waals surface area contributed by atoms with Crippen molar-refractivity contribution in [2.45, 2.75) is 12.3 Å². The molecule has 3 heterocycles. The zero-order chi connectivity index (χ0) is 16.1. The van der Waals surface area contributed by atoms with Crippen LogP contribution in [0.25, 0.3) is 17.1 Å². The molecule has 0 spiro atoms. The van der Waals surface area contributed by atoms with Crippen molar-refractivity contribution in [3.8, 4) is 11.5 Å². The normalized spacial score (nSPS) is 19.1. The number of carbonyl (C=O) groups excluding carboxylic acids is 1. The number of ether oxygens (including phenoxy) is 2. The molecular weight excluding hydrogens is 324 g/mol. The predicted molar refractivity (Wildman–Crippen MR) is 90.3 cm³/mol. The van der Waals surface area contributed by atoms with Crippen molar-refractivity contribution in [3.63, 3.8) is 0 Å². The van der Waals surface area contributed by atoms with E-state index >= 15 is 0 Å². The van der Waals surface area contributed by atoms with E-state index in [4.69, 9.17) is 9.47 Å². The summed E-state index contributed by atoms with van der Waals surface area (Å²) in [5.74, 6) is 1.13. The smallest absolute Gasteiger partial charge is 0.312 e. The summed E-state index contributed by atoms with van der Waals surface area (Å²) in [6, 6.07) is 11.5. The summed E-state index contributed by atoms with van der Waals surface area (Å²) in [6.45, 7) is 0.461. The van der Waals surface area contributed by atoms with Crippen LogP contribution in [0.4, 0.5) is 0 Å². The van der Waals surface area contributed by atoms with Gasteiger partial charge in [-0.15, -0.1) is 0 Å². The molecule has 0 bridgehead atoms. The highest BCUT2D eigenvalue weighted by atomic mass is 32.1. The van der Waals surface area contributed by atoms with Gasteiger partial charge in [0.15, 0.2) is 0 Å². The Morgan fingerprint density at radius 2 is 2.00 bits per heavy atom. The van der Waals surface area contributed by atoms with E-state index in [1.807, 2.05) is 30.3 Å². The number of benzene rings is 2. The van der Waals surface area contributed by atoms with Gasteiger partial charge in [0, 0.05) is 17.0 Å². The number of fused-ring (bicyclic) bond motifs is 4. The lowest BCUT2D eigenvalue weighted by Gasteiger charge is -2.29. The average molecular weight is 336 g/mol. The largest absolute Gasteiger partial charge is 0.489 e. The third-order valence-corrected chi connectivity index (χ3v) is 5.01. The quantitative estimate of drug-likeness (QED) is 0.502. The monoisotopic (exact) mass is 336 g/mol. The molecule has 1 aromatic heterocycles. The first-order chi connectivity index (χ1) is 11.8. The highest BCUT2D eigenvalue weighted by molar-refractivity contribution is 7.00. The van der Waals surface area contributed by atoms with Gasteiger partial charge in [-0.1, -0.05) is 18.2 Å². The highest BCUT2D eigenvalue weighted by Crippen LogP contribution is 2.44. The van der Waals surface area contributed by atoms with E-state index in [0.717, 1.165) is 33.5 Å². The van der Waals surface area contributed by atoms with Crippen LogP contribution in [0, 0.1) is 0 Å². The van der Waals surface area contributed by atoms with Gasteiger partial charge in [0.2, 0.25) is 0 Å². The third kappa shape index (κ3) is 2.03. The predicted octanol–water partition coefficient (Wildman–Crippen LogP) is 3.56. The van der Waals surface area contributed by atoms with Crippen molar-refractivity contribution >= 4 is 34.8 Å². The van der Waals surface area contributed by atoms with Crippen LogP contribution in [0.2, 0.25) is 0 Å². The molecule has 118 valence electrons. The molecular formula is C18H12N2O3S. The Bertz CT molecular complexity index is 1010. The maximum Gasteiger partial charge on any atom is 0.312 e. The van der Waals surface area contributed by atoms with Gasteiger partial charge < -0.3 is 9.47 Å². The van der Waals surface area contributed by atoms with Gasteiger partial charge in [-0.25, -0.2) is 0 Å². The molecule has 2 aromatic carbocycles. The van der Waals surface area contributed by atoms with Crippen LogP contribution in [0.15, 0.2) is 42.0 Å². The van der Waals surface area contributed by atoms with Gasteiger partial charge in [0.25, 0.3) is 0 Å². The number of rotatable bonds is 1. The molecule has 0 radical (unpaired) electrons. The number of nitrogens with zero attached hydrogens (tertiary/aromatic N) is 2. The van der Waals surface area contributed by atoms with Crippen LogP contribution in [0.5, 0.6) is 11.5 Å². The lowest BCUT2D eigenvalue weighted by atomic mass is 9.84. The van der Waals surface area contributed by atoms with E-state index in [1.165, 1.54) is 11.7 Å². The molecule has 0 fully saturated rings. The number of para-hydroxylation sites is 1. The summed E-state index contributed by atoms with van der Waals surface area (Å²) < 4.78 is 20.0. The Balaban J connectivity index is 1.69. The van der Waals surface area contributed by atoms with Crippen LogP contribution in [-0.4, -0.2) is 21.3 Å². The van der Waals surface area contributed by atoms with E-state index in [9.17, 15) is 4.79 Å². The van der Waals surface area contributed by atoms with Gasteiger partial charge in [-0.3, -0.25) is 4.79 Å². The highest BCUT2D eigenvalue weighted by Gasteiger charge is 2.33. The van der Waals surface area contributed by atoms with E-state index in [1.54, 1.807) is 6.07 Å². The van der Waals surface area contributed by atoms with Crippen molar-refractivity contribution in [1.29, 1.82) is 0 Å². The molecule has 2 aliphatic rings. The molecule has 3 aromatic rings. The molecule has 0 saturated carbocycles. The number of esters is 1. The Morgan fingerprint density at radius 3 is 2.96 bits per heavy atom. The first-order valence-electron chi connectivity index (χ1n) is 7.68. The fourth-order valence-corrected chi connectivity index (χ4v) is 3.91. The second kappa shape index (κ2) is 5.14. The van der Waals surface area contributed by atoms with Crippen LogP contribution in [0.1, 0.15) is 23.5 Å². The fourth-order valence-electron chi connectivity index (χ4n) is 3.36. The van der Waals surface area contributed by atoms with Crippen LogP contribution >= 0.6 is 11.7 Å². The van der Waals surface area contributed by atoms with Gasteiger partial charge in [0.1, 0.15) is 29.1 Å². The summed E-state index contributed by atoms with van der Waals surface area (Å²) in [5, 5.41) is 0. The van der Waals surface area contributed by atoms with Crippen LogP contribution < -0.4 is 9.47 Å². The van der Waals surface area contributed by atoms with Gasteiger partial charge in [-0.2, -0.15) is 8.75 Å². The van der Waals surface area contributed by atoms with Crippen LogP contribution in [0.3, 0.4) is 0 Å². The Labute approximate surface area is 141 Å². The molecule has 5 nitrogen and oxygen atoms in total. The topological polar surface area (TPSA) is 61.3 Å². The van der Waals surface area contributed by atoms with E-state index in [0.29, 0.717) is 18.8 Å². The number of carbonyl (C=O) groups is 1. The van der Waals surface area contributed by atoms with Crippen molar-refractivity contribution in [2.75, 3.05) is 6.61 Å². The van der Waals surface area contributed by atoms with Crippen LogP contribution in [-0.2, 0) is 4.79 Å². The first-order valence-corrected chi connectivity index (χ1v) is 8.41. The number of aromatic nitrogens is 2. The fraction of sp³-hybridized carbons (Fsp3) is 0.167. The first kappa shape index (κ1) is 13.7. The van der Waals surface area contributed by atoms with Crippen molar-refractivity contribution in [3.05, 3.63) is 53.1 Å². The Kier molecular flexibility index (Phi) is 2.93.